The molecule has 0 saturated carbocycles. The average molecular weight is 427 g/mol. The van der Waals surface area contributed by atoms with Gasteiger partial charge < -0.3 is 14.5 Å². The van der Waals surface area contributed by atoms with Gasteiger partial charge in [-0.2, -0.15) is 0 Å². The summed E-state index contributed by atoms with van der Waals surface area (Å²) in [6.07, 6.45) is 3.86. The number of fused-ring (bicyclic) bond motifs is 3. The molecule has 0 aliphatic carbocycles. The Balaban J connectivity index is 1.69. The van der Waals surface area contributed by atoms with Gasteiger partial charge in [0.2, 0.25) is 0 Å². The fourth-order valence-electron chi connectivity index (χ4n) is 4.82. The van der Waals surface area contributed by atoms with Crippen molar-refractivity contribution in [3.05, 3.63) is 59.2 Å². The molecule has 0 amide bonds. The number of anilines is 2. The first-order chi connectivity index (χ1) is 14.0. The van der Waals surface area contributed by atoms with Crippen molar-refractivity contribution in [2.75, 3.05) is 30.2 Å². The minimum Gasteiger partial charge on any atom is -0.378 e. The van der Waals surface area contributed by atoms with Gasteiger partial charge in [0.1, 0.15) is 12.3 Å². The molecule has 2 aromatic carbocycles. The normalized spacial score (nSPS) is 22.7. The van der Waals surface area contributed by atoms with E-state index < -0.39 is 9.84 Å². The lowest BCUT2D eigenvalue weighted by molar-refractivity contribution is 0.0585. The van der Waals surface area contributed by atoms with Crippen molar-refractivity contribution in [2.24, 2.45) is 0 Å². The van der Waals surface area contributed by atoms with Crippen molar-refractivity contribution in [2.45, 2.75) is 50.0 Å². The van der Waals surface area contributed by atoms with Crippen LogP contribution in [0.4, 0.5) is 11.4 Å². The molecule has 2 atom stereocenters. The van der Waals surface area contributed by atoms with Crippen LogP contribution in [-0.4, -0.2) is 46.6 Å². The van der Waals surface area contributed by atoms with E-state index in [-0.39, 0.29) is 17.9 Å². The molecule has 0 bridgehead atoms. The summed E-state index contributed by atoms with van der Waals surface area (Å²) >= 11 is 0. The molecule has 2 aliphatic rings. The van der Waals surface area contributed by atoms with E-state index in [1.54, 1.807) is 6.07 Å². The third-order valence-electron chi connectivity index (χ3n) is 6.18. The summed E-state index contributed by atoms with van der Waals surface area (Å²) in [5.41, 5.74) is 4.89. The summed E-state index contributed by atoms with van der Waals surface area (Å²) in [7, 11) is 0.727. The van der Waals surface area contributed by atoms with Crippen LogP contribution in [0.3, 0.4) is 0 Å². The third-order valence-corrected chi connectivity index (χ3v) is 7.31. The van der Waals surface area contributed by atoms with Gasteiger partial charge >= 0.3 is 0 Å². The van der Waals surface area contributed by atoms with Crippen LogP contribution in [0.1, 0.15) is 31.9 Å². The molecule has 4 rings (SSSR count). The van der Waals surface area contributed by atoms with Gasteiger partial charge in [0.05, 0.1) is 16.1 Å². The standard InChI is InChI=1S/C24H30N2O3S/c1-16(14-17-10-12-19(13-11-17)25(4)5)23-24(2,3)26-21(29-23)15-18-8-7-9-20(22(18)26)30(6,27)28/h7-14,21,23H,15H2,1-6H3. The van der Waals surface area contributed by atoms with E-state index in [4.69, 9.17) is 4.74 Å². The van der Waals surface area contributed by atoms with Crippen LogP contribution in [0.2, 0.25) is 0 Å². The molecule has 0 spiro atoms. The fraction of sp³-hybridized carbons (Fsp3) is 0.417. The molecule has 2 aromatic rings. The predicted molar refractivity (Wildman–Crippen MR) is 123 cm³/mol. The number of para-hydroxylation sites is 1. The zero-order chi connectivity index (χ0) is 21.8. The maximum atomic E-state index is 12.4. The van der Waals surface area contributed by atoms with Gasteiger partial charge in [-0.25, -0.2) is 8.42 Å². The lowest BCUT2D eigenvalue weighted by Crippen LogP contribution is -2.47. The number of rotatable bonds is 4. The SMILES string of the molecule is CC(=Cc1ccc(N(C)C)cc1)C1OC2Cc3cccc(S(C)(=O)=O)c3N2C1(C)C. The van der Waals surface area contributed by atoms with E-state index >= 15 is 0 Å². The minimum absolute atomic E-state index is 0.128. The second-order valence-electron chi connectivity index (χ2n) is 9.11. The van der Waals surface area contributed by atoms with Crippen LogP contribution in [-0.2, 0) is 21.0 Å². The molecule has 2 heterocycles. The Morgan fingerprint density at radius 1 is 1.17 bits per heavy atom. The Morgan fingerprint density at radius 3 is 2.43 bits per heavy atom. The largest absolute Gasteiger partial charge is 0.378 e. The summed E-state index contributed by atoms with van der Waals surface area (Å²) in [5, 5.41) is 0. The predicted octanol–water partition coefficient (Wildman–Crippen LogP) is 4.13. The third kappa shape index (κ3) is 3.42. The Morgan fingerprint density at radius 2 is 1.83 bits per heavy atom. The number of nitrogens with zero attached hydrogens (tertiary/aromatic N) is 2. The molecule has 30 heavy (non-hydrogen) atoms. The van der Waals surface area contributed by atoms with Crippen LogP contribution in [0.15, 0.2) is 52.9 Å². The summed E-state index contributed by atoms with van der Waals surface area (Å²) in [6, 6.07) is 14.0. The Hall–Kier alpha value is -2.31. The van der Waals surface area contributed by atoms with E-state index in [0.29, 0.717) is 11.3 Å². The highest BCUT2D eigenvalue weighted by Gasteiger charge is 2.53. The molecule has 160 valence electrons. The summed E-state index contributed by atoms with van der Waals surface area (Å²) in [5.74, 6) is 0. The van der Waals surface area contributed by atoms with Gasteiger partial charge in [0.15, 0.2) is 9.84 Å². The number of hydrogen-bond donors (Lipinski definition) is 0. The molecular formula is C24H30N2O3S. The average Bonchev–Trinajstić information content (AvgIpc) is 3.15. The highest BCUT2D eigenvalue weighted by Crippen LogP contribution is 2.49. The van der Waals surface area contributed by atoms with Gasteiger partial charge in [0, 0.05) is 32.5 Å². The molecule has 1 saturated heterocycles. The summed E-state index contributed by atoms with van der Waals surface area (Å²) in [4.78, 5) is 4.64. The molecule has 2 aliphatic heterocycles. The smallest absolute Gasteiger partial charge is 0.177 e. The second-order valence-corrected chi connectivity index (χ2v) is 11.1. The highest BCUT2D eigenvalue weighted by atomic mass is 32.2. The molecule has 0 radical (unpaired) electrons. The van der Waals surface area contributed by atoms with E-state index in [2.05, 4.69) is 60.9 Å². The molecule has 2 unspecified atom stereocenters. The Labute approximate surface area is 179 Å². The van der Waals surface area contributed by atoms with Crippen LogP contribution >= 0.6 is 0 Å². The first-order valence-corrected chi connectivity index (χ1v) is 12.1. The summed E-state index contributed by atoms with van der Waals surface area (Å²) < 4.78 is 31.4. The van der Waals surface area contributed by atoms with Crippen molar-refractivity contribution in [1.29, 1.82) is 0 Å². The number of sulfone groups is 1. The maximum Gasteiger partial charge on any atom is 0.177 e. The first kappa shape index (κ1) is 20.9. The van der Waals surface area contributed by atoms with Gasteiger partial charge in [-0.3, -0.25) is 0 Å². The van der Waals surface area contributed by atoms with Crippen molar-refractivity contribution in [3.63, 3.8) is 0 Å². The molecule has 1 fully saturated rings. The quantitative estimate of drug-likeness (QED) is 0.736. The molecule has 0 aromatic heterocycles. The minimum atomic E-state index is -3.33. The van der Waals surface area contributed by atoms with Crippen molar-refractivity contribution >= 4 is 27.3 Å². The van der Waals surface area contributed by atoms with Crippen molar-refractivity contribution in [1.82, 2.24) is 0 Å². The topological polar surface area (TPSA) is 49.9 Å². The van der Waals surface area contributed by atoms with Crippen LogP contribution < -0.4 is 9.80 Å². The Bertz CT molecular complexity index is 1100. The van der Waals surface area contributed by atoms with Gasteiger partial charge in [-0.15, -0.1) is 0 Å². The van der Waals surface area contributed by atoms with Crippen LogP contribution in [0.25, 0.3) is 6.08 Å². The molecule has 0 N–H and O–H groups in total. The van der Waals surface area contributed by atoms with Gasteiger partial charge in [0.25, 0.3) is 0 Å². The van der Waals surface area contributed by atoms with E-state index in [0.717, 1.165) is 28.1 Å². The Kier molecular flexibility index (Phi) is 4.98. The van der Waals surface area contributed by atoms with E-state index in [1.165, 1.54) is 6.26 Å². The van der Waals surface area contributed by atoms with Crippen LogP contribution in [0.5, 0.6) is 0 Å². The molecule has 5 nitrogen and oxygen atoms in total. The summed E-state index contributed by atoms with van der Waals surface area (Å²) in [6.45, 7) is 6.37. The zero-order valence-corrected chi connectivity index (χ0v) is 19.3. The monoisotopic (exact) mass is 426 g/mol. The van der Waals surface area contributed by atoms with Crippen molar-refractivity contribution in [3.8, 4) is 0 Å². The zero-order valence-electron chi connectivity index (χ0n) is 18.5. The number of hydrogen-bond acceptors (Lipinski definition) is 5. The maximum absolute atomic E-state index is 12.4. The molecular weight excluding hydrogens is 396 g/mol. The fourth-order valence-corrected chi connectivity index (χ4v) is 5.72. The van der Waals surface area contributed by atoms with E-state index in [9.17, 15) is 8.42 Å². The van der Waals surface area contributed by atoms with Crippen LogP contribution in [0, 0.1) is 0 Å². The second kappa shape index (κ2) is 7.13. The van der Waals surface area contributed by atoms with E-state index in [1.807, 2.05) is 26.2 Å². The molecule has 6 heteroatoms. The van der Waals surface area contributed by atoms with Gasteiger partial charge in [-0.1, -0.05) is 30.3 Å². The number of benzene rings is 2. The lowest BCUT2D eigenvalue weighted by atomic mass is 9.90. The lowest BCUT2D eigenvalue weighted by Gasteiger charge is -2.36. The van der Waals surface area contributed by atoms with Crippen molar-refractivity contribution < 1.29 is 13.2 Å². The highest BCUT2D eigenvalue weighted by molar-refractivity contribution is 7.90. The first-order valence-electron chi connectivity index (χ1n) is 10.2. The number of ether oxygens (including phenoxy) is 1. The van der Waals surface area contributed by atoms with Gasteiger partial charge in [-0.05, 0) is 55.7 Å².